The average molecular weight is 262 g/mol. The minimum Gasteiger partial charge on any atom is -0.406 e. The molecule has 0 N–H and O–H groups in total. The van der Waals surface area contributed by atoms with Crippen LogP contribution >= 0.6 is 0 Å². The SMILES string of the molecule is CC(C)CCN(CO[Si](C)(C)C)[Si](C)(C)C. The van der Waals surface area contributed by atoms with Crippen molar-refractivity contribution in [1.82, 2.24) is 4.57 Å². The van der Waals surface area contributed by atoms with E-state index in [0.717, 1.165) is 12.6 Å². The summed E-state index contributed by atoms with van der Waals surface area (Å²) in [5, 5.41) is 0. The van der Waals surface area contributed by atoms with Crippen LogP contribution in [0.15, 0.2) is 0 Å². The Hall–Kier alpha value is 0.354. The Labute approximate surface area is 105 Å². The first-order valence-corrected chi connectivity index (χ1v) is 13.3. The summed E-state index contributed by atoms with van der Waals surface area (Å²) in [6, 6.07) is 0. The fraction of sp³-hybridized carbons (Fsp3) is 1.00. The zero-order valence-electron chi connectivity index (χ0n) is 12.6. The lowest BCUT2D eigenvalue weighted by Crippen LogP contribution is -2.49. The van der Waals surface area contributed by atoms with E-state index in [1.807, 2.05) is 0 Å². The maximum Gasteiger partial charge on any atom is 0.185 e. The topological polar surface area (TPSA) is 12.5 Å². The third kappa shape index (κ3) is 8.50. The van der Waals surface area contributed by atoms with Gasteiger partial charge in [-0.3, -0.25) is 0 Å². The molecule has 0 aromatic rings. The Morgan fingerprint density at radius 2 is 1.50 bits per heavy atom. The molecule has 98 valence electrons. The molecule has 0 saturated heterocycles. The first-order chi connectivity index (χ1) is 7.02. The second-order valence-corrected chi connectivity index (χ2v) is 16.5. The van der Waals surface area contributed by atoms with Gasteiger partial charge >= 0.3 is 0 Å². The van der Waals surface area contributed by atoms with Crippen LogP contribution < -0.4 is 0 Å². The van der Waals surface area contributed by atoms with Gasteiger partial charge in [0.25, 0.3) is 0 Å². The summed E-state index contributed by atoms with van der Waals surface area (Å²) in [7, 11) is -2.60. The van der Waals surface area contributed by atoms with Gasteiger partial charge in [0, 0.05) is 0 Å². The summed E-state index contributed by atoms with van der Waals surface area (Å²) in [5.41, 5.74) is 0. The molecule has 2 nitrogen and oxygen atoms in total. The van der Waals surface area contributed by atoms with Gasteiger partial charge in [-0.25, -0.2) is 0 Å². The molecule has 16 heavy (non-hydrogen) atoms. The molecule has 0 bridgehead atoms. The van der Waals surface area contributed by atoms with E-state index in [1.165, 1.54) is 13.0 Å². The predicted molar refractivity (Wildman–Crippen MR) is 78.8 cm³/mol. The highest BCUT2D eigenvalue weighted by molar-refractivity contribution is 6.73. The molecular formula is C12H31NOSi2. The Bertz CT molecular complexity index is 194. The Morgan fingerprint density at radius 3 is 1.81 bits per heavy atom. The smallest absolute Gasteiger partial charge is 0.185 e. The van der Waals surface area contributed by atoms with E-state index >= 15 is 0 Å². The molecule has 0 fully saturated rings. The molecule has 0 atom stereocenters. The lowest BCUT2D eigenvalue weighted by atomic mass is 10.1. The zero-order chi connectivity index (χ0) is 13.0. The minimum absolute atomic E-state index is 0.783. The number of rotatable bonds is 7. The van der Waals surface area contributed by atoms with Gasteiger partial charge in [0.1, 0.15) is 8.24 Å². The Balaban J connectivity index is 4.23. The Morgan fingerprint density at radius 1 is 1.00 bits per heavy atom. The van der Waals surface area contributed by atoms with E-state index in [1.54, 1.807) is 0 Å². The number of nitrogens with zero attached hydrogens (tertiary/aromatic N) is 1. The maximum absolute atomic E-state index is 6.05. The molecule has 0 aliphatic rings. The quantitative estimate of drug-likeness (QED) is 0.508. The van der Waals surface area contributed by atoms with Crippen molar-refractivity contribution in [2.45, 2.75) is 59.6 Å². The van der Waals surface area contributed by atoms with Gasteiger partial charge in [-0.15, -0.1) is 0 Å². The fourth-order valence-corrected chi connectivity index (χ4v) is 3.20. The van der Waals surface area contributed by atoms with Crippen LogP contribution in [-0.2, 0) is 4.43 Å². The summed E-state index contributed by atoms with van der Waals surface area (Å²) in [6.07, 6.45) is 1.28. The van der Waals surface area contributed by atoms with Crippen molar-refractivity contribution >= 4 is 16.6 Å². The van der Waals surface area contributed by atoms with Gasteiger partial charge in [0.05, 0.1) is 6.73 Å². The van der Waals surface area contributed by atoms with Crippen LogP contribution in [-0.4, -0.2) is 34.4 Å². The van der Waals surface area contributed by atoms with E-state index in [9.17, 15) is 0 Å². The van der Waals surface area contributed by atoms with Crippen molar-refractivity contribution < 1.29 is 4.43 Å². The molecule has 0 unspecified atom stereocenters. The summed E-state index contributed by atoms with van der Waals surface area (Å²) < 4.78 is 8.64. The molecule has 0 amide bonds. The summed E-state index contributed by atoms with van der Waals surface area (Å²) in [4.78, 5) is 0. The molecule has 0 aliphatic heterocycles. The predicted octanol–water partition coefficient (Wildman–Crippen LogP) is 3.98. The highest BCUT2D eigenvalue weighted by atomic mass is 28.4. The molecular weight excluding hydrogens is 230 g/mol. The largest absolute Gasteiger partial charge is 0.406 e. The van der Waals surface area contributed by atoms with Gasteiger partial charge in [-0.05, 0) is 38.5 Å². The van der Waals surface area contributed by atoms with Crippen molar-refractivity contribution in [2.24, 2.45) is 5.92 Å². The normalized spacial score (nSPS) is 13.9. The molecule has 0 rings (SSSR count). The van der Waals surface area contributed by atoms with Crippen LogP contribution in [0.2, 0.25) is 39.3 Å². The zero-order valence-corrected chi connectivity index (χ0v) is 14.6. The summed E-state index contributed by atoms with van der Waals surface area (Å²) >= 11 is 0. The summed E-state index contributed by atoms with van der Waals surface area (Å²) in [6.45, 7) is 20.6. The van der Waals surface area contributed by atoms with Gasteiger partial charge < -0.3 is 8.99 Å². The molecule has 0 radical (unpaired) electrons. The third-order valence-electron chi connectivity index (χ3n) is 2.58. The highest BCUT2D eigenvalue weighted by Gasteiger charge is 2.25. The van der Waals surface area contributed by atoms with Crippen molar-refractivity contribution in [3.8, 4) is 0 Å². The molecule has 0 spiro atoms. The molecule has 0 heterocycles. The first kappa shape index (κ1) is 16.4. The molecule has 0 aromatic carbocycles. The molecule has 0 aromatic heterocycles. The van der Waals surface area contributed by atoms with Crippen LogP contribution in [0, 0.1) is 5.92 Å². The lowest BCUT2D eigenvalue weighted by molar-refractivity contribution is 0.182. The third-order valence-corrected chi connectivity index (χ3v) is 5.82. The minimum atomic E-state index is -1.37. The fourth-order valence-electron chi connectivity index (χ4n) is 1.28. The van der Waals surface area contributed by atoms with Crippen LogP contribution in [0.5, 0.6) is 0 Å². The van der Waals surface area contributed by atoms with Crippen molar-refractivity contribution in [2.75, 3.05) is 13.3 Å². The number of hydrogen-bond donors (Lipinski definition) is 0. The van der Waals surface area contributed by atoms with E-state index in [-0.39, 0.29) is 0 Å². The van der Waals surface area contributed by atoms with Crippen LogP contribution in [0.1, 0.15) is 20.3 Å². The van der Waals surface area contributed by atoms with Crippen LogP contribution in [0.25, 0.3) is 0 Å². The van der Waals surface area contributed by atoms with Gasteiger partial charge in [0.2, 0.25) is 0 Å². The first-order valence-electron chi connectivity index (χ1n) is 6.41. The molecule has 4 heteroatoms. The van der Waals surface area contributed by atoms with Gasteiger partial charge in [0.15, 0.2) is 8.32 Å². The summed E-state index contributed by atoms with van der Waals surface area (Å²) in [5.74, 6) is 0.783. The van der Waals surface area contributed by atoms with Gasteiger partial charge in [-0.2, -0.15) is 0 Å². The average Bonchev–Trinajstić information content (AvgIpc) is 1.98. The molecule has 0 aliphatic carbocycles. The van der Waals surface area contributed by atoms with Crippen molar-refractivity contribution in [1.29, 1.82) is 0 Å². The maximum atomic E-state index is 6.05. The molecule has 0 saturated carbocycles. The van der Waals surface area contributed by atoms with Crippen LogP contribution in [0.3, 0.4) is 0 Å². The monoisotopic (exact) mass is 261 g/mol. The number of hydrogen-bond acceptors (Lipinski definition) is 2. The van der Waals surface area contributed by atoms with Crippen LogP contribution in [0.4, 0.5) is 0 Å². The van der Waals surface area contributed by atoms with E-state index in [4.69, 9.17) is 4.43 Å². The van der Waals surface area contributed by atoms with Crippen molar-refractivity contribution in [3.63, 3.8) is 0 Å². The second kappa shape index (κ2) is 6.33. The van der Waals surface area contributed by atoms with Crippen molar-refractivity contribution in [3.05, 3.63) is 0 Å². The highest BCUT2D eigenvalue weighted by Crippen LogP contribution is 2.14. The Kier molecular flexibility index (Phi) is 6.47. The standard InChI is InChI=1S/C12H31NOSi2/c1-12(2)9-10-13(15(3,4)5)11-14-16(6,7)8/h12H,9-11H2,1-8H3. The second-order valence-electron chi connectivity index (χ2n) is 7.00. The van der Waals surface area contributed by atoms with E-state index in [0.29, 0.717) is 0 Å². The van der Waals surface area contributed by atoms with Gasteiger partial charge in [-0.1, -0.05) is 33.5 Å². The van der Waals surface area contributed by atoms with E-state index in [2.05, 4.69) is 57.7 Å². The lowest BCUT2D eigenvalue weighted by Gasteiger charge is -2.36. The van der Waals surface area contributed by atoms with E-state index < -0.39 is 16.6 Å².